The molecule has 0 radical (unpaired) electrons. The number of nitrogens with one attached hydrogen (secondary N) is 1. The van der Waals surface area contributed by atoms with Gasteiger partial charge in [0, 0.05) is 12.6 Å². The van der Waals surface area contributed by atoms with Gasteiger partial charge in [0.15, 0.2) is 0 Å². The van der Waals surface area contributed by atoms with E-state index in [0.29, 0.717) is 12.8 Å². The second-order valence-electron chi connectivity index (χ2n) is 4.77. The van der Waals surface area contributed by atoms with Crippen LogP contribution >= 0.6 is 11.6 Å². The van der Waals surface area contributed by atoms with Gasteiger partial charge in [-0.1, -0.05) is 11.6 Å². The van der Waals surface area contributed by atoms with Crippen LogP contribution in [0.2, 0.25) is 5.02 Å². The van der Waals surface area contributed by atoms with Crippen molar-refractivity contribution in [2.45, 2.75) is 29.8 Å². The van der Waals surface area contributed by atoms with Gasteiger partial charge in [-0.2, -0.15) is 0 Å². The van der Waals surface area contributed by atoms with Crippen molar-refractivity contribution in [3.05, 3.63) is 33.3 Å². The topological polar surface area (TPSA) is 110 Å². The predicted molar refractivity (Wildman–Crippen MR) is 72.1 cm³/mol. The van der Waals surface area contributed by atoms with Crippen LogP contribution in [0.5, 0.6) is 0 Å². The number of rotatable bonds is 5. The molecule has 0 unspecified atom stereocenters. The number of aliphatic hydroxyl groups is 1. The van der Waals surface area contributed by atoms with Crippen molar-refractivity contribution in [3.63, 3.8) is 0 Å². The molecule has 2 N–H and O–H groups in total. The molecule has 0 spiro atoms. The summed E-state index contributed by atoms with van der Waals surface area (Å²) in [5, 5.41) is 20.5. The molecule has 9 heteroatoms. The van der Waals surface area contributed by atoms with E-state index < -0.39 is 26.2 Å². The molecule has 20 heavy (non-hydrogen) atoms. The summed E-state index contributed by atoms with van der Waals surface area (Å²) >= 11 is 5.63. The van der Waals surface area contributed by atoms with Crippen LogP contribution < -0.4 is 4.72 Å². The number of nitro benzene ring substituents is 1. The summed E-state index contributed by atoms with van der Waals surface area (Å²) < 4.78 is 26.3. The second-order valence-corrected chi connectivity index (χ2v) is 6.95. The Labute approximate surface area is 120 Å². The maximum atomic E-state index is 12.0. The standard InChI is InChI=1S/C11H13ClN2O5S/c12-9-3-2-8(6-10(9)14(16)17)20(18,19)13-7-11(15)4-1-5-11/h2-3,6,13,15H,1,4-5,7H2. The zero-order chi connectivity index (χ0) is 15.0. The second kappa shape index (κ2) is 5.28. The summed E-state index contributed by atoms with van der Waals surface area (Å²) in [7, 11) is -3.92. The average Bonchev–Trinajstić information content (AvgIpc) is 2.34. The van der Waals surface area contributed by atoms with Crippen molar-refractivity contribution < 1.29 is 18.4 Å². The van der Waals surface area contributed by atoms with Crippen LogP contribution in [-0.4, -0.2) is 30.6 Å². The summed E-state index contributed by atoms with van der Waals surface area (Å²) in [6.07, 6.45) is 1.93. The van der Waals surface area contributed by atoms with Crippen molar-refractivity contribution in [3.8, 4) is 0 Å². The highest BCUT2D eigenvalue weighted by molar-refractivity contribution is 7.89. The Kier molecular flexibility index (Phi) is 4.01. The Morgan fingerprint density at radius 2 is 2.10 bits per heavy atom. The van der Waals surface area contributed by atoms with Crippen molar-refractivity contribution in [1.82, 2.24) is 4.72 Å². The lowest BCUT2D eigenvalue weighted by Crippen LogP contribution is -2.47. The Balaban J connectivity index is 2.21. The van der Waals surface area contributed by atoms with E-state index in [1.54, 1.807) is 0 Å². The summed E-state index contributed by atoms with van der Waals surface area (Å²) in [5.41, 5.74) is -1.48. The largest absolute Gasteiger partial charge is 0.389 e. The Hall–Kier alpha value is -1.22. The zero-order valence-corrected chi connectivity index (χ0v) is 11.9. The molecule has 1 aromatic rings. The van der Waals surface area contributed by atoms with E-state index in [4.69, 9.17) is 11.6 Å². The molecule has 0 bridgehead atoms. The molecule has 0 heterocycles. The Morgan fingerprint density at radius 1 is 1.45 bits per heavy atom. The highest BCUT2D eigenvalue weighted by Gasteiger charge is 2.35. The molecule has 1 aliphatic carbocycles. The number of nitro groups is 1. The van der Waals surface area contributed by atoms with Gasteiger partial charge in [0.25, 0.3) is 5.69 Å². The molecule has 0 aliphatic heterocycles. The third kappa shape index (κ3) is 3.09. The minimum absolute atomic E-state index is 0.105. The van der Waals surface area contributed by atoms with E-state index >= 15 is 0 Å². The first-order valence-electron chi connectivity index (χ1n) is 5.90. The highest BCUT2D eigenvalue weighted by Crippen LogP contribution is 2.31. The molecule has 0 aromatic heterocycles. The molecular weight excluding hydrogens is 308 g/mol. The molecule has 1 aliphatic rings. The third-order valence-electron chi connectivity index (χ3n) is 3.30. The van der Waals surface area contributed by atoms with Crippen LogP contribution in [0.15, 0.2) is 23.1 Å². The molecule has 1 saturated carbocycles. The van der Waals surface area contributed by atoms with Crippen molar-refractivity contribution in [1.29, 1.82) is 0 Å². The van der Waals surface area contributed by atoms with Crippen LogP contribution in [0.3, 0.4) is 0 Å². The molecule has 0 atom stereocenters. The number of hydrogen-bond acceptors (Lipinski definition) is 5. The molecule has 2 rings (SSSR count). The normalized spacial score (nSPS) is 17.5. The third-order valence-corrected chi connectivity index (χ3v) is 5.02. The average molecular weight is 321 g/mol. The highest BCUT2D eigenvalue weighted by atomic mass is 35.5. The number of nitrogens with zero attached hydrogens (tertiary/aromatic N) is 1. The minimum atomic E-state index is -3.92. The van der Waals surface area contributed by atoms with Gasteiger partial charge in [-0.05, 0) is 31.4 Å². The molecule has 0 amide bonds. The smallest absolute Gasteiger partial charge is 0.289 e. The fourth-order valence-electron chi connectivity index (χ4n) is 1.87. The molecule has 7 nitrogen and oxygen atoms in total. The lowest BCUT2D eigenvalue weighted by molar-refractivity contribution is -0.384. The molecule has 1 fully saturated rings. The zero-order valence-electron chi connectivity index (χ0n) is 10.4. The maximum absolute atomic E-state index is 12.0. The van der Waals surface area contributed by atoms with Gasteiger partial charge < -0.3 is 5.11 Å². The molecule has 110 valence electrons. The van der Waals surface area contributed by atoms with Crippen LogP contribution in [-0.2, 0) is 10.0 Å². The number of benzene rings is 1. The van der Waals surface area contributed by atoms with E-state index in [1.165, 1.54) is 6.07 Å². The molecule has 0 saturated heterocycles. The minimum Gasteiger partial charge on any atom is -0.389 e. The summed E-state index contributed by atoms with van der Waals surface area (Å²) in [6.45, 7) is -0.105. The van der Waals surface area contributed by atoms with Crippen LogP contribution in [0, 0.1) is 10.1 Å². The Bertz CT molecular complexity index is 642. The van der Waals surface area contributed by atoms with Gasteiger partial charge in [-0.3, -0.25) is 10.1 Å². The van der Waals surface area contributed by atoms with Gasteiger partial charge in [0.2, 0.25) is 10.0 Å². The van der Waals surface area contributed by atoms with Gasteiger partial charge in [-0.25, -0.2) is 13.1 Å². The predicted octanol–water partition coefficient (Wildman–Crippen LogP) is 1.44. The van der Waals surface area contributed by atoms with E-state index in [-0.39, 0.29) is 16.5 Å². The summed E-state index contributed by atoms with van der Waals surface area (Å²) in [5.74, 6) is 0. The fourth-order valence-corrected chi connectivity index (χ4v) is 3.20. The van der Waals surface area contributed by atoms with E-state index in [9.17, 15) is 23.6 Å². The number of hydrogen-bond donors (Lipinski definition) is 2. The first kappa shape index (κ1) is 15.2. The monoisotopic (exact) mass is 320 g/mol. The quantitative estimate of drug-likeness (QED) is 0.630. The van der Waals surface area contributed by atoms with E-state index in [0.717, 1.165) is 18.6 Å². The number of sulfonamides is 1. The first-order valence-corrected chi connectivity index (χ1v) is 7.76. The SMILES string of the molecule is O=[N+]([O-])c1cc(S(=O)(=O)NCC2(O)CCC2)ccc1Cl. The molecule has 1 aromatic carbocycles. The summed E-state index contributed by atoms with van der Waals surface area (Å²) in [4.78, 5) is 9.74. The van der Waals surface area contributed by atoms with Crippen LogP contribution in [0.1, 0.15) is 19.3 Å². The van der Waals surface area contributed by atoms with Crippen molar-refractivity contribution >= 4 is 27.3 Å². The lowest BCUT2D eigenvalue weighted by Gasteiger charge is -2.36. The lowest BCUT2D eigenvalue weighted by atomic mass is 9.81. The van der Waals surface area contributed by atoms with Crippen molar-refractivity contribution in [2.24, 2.45) is 0 Å². The summed E-state index contributed by atoms with van der Waals surface area (Å²) in [6, 6.07) is 3.24. The maximum Gasteiger partial charge on any atom is 0.289 e. The van der Waals surface area contributed by atoms with Crippen LogP contribution in [0.4, 0.5) is 5.69 Å². The van der Waals surface area contributed by atoms with Crippen LogP contribution in [0.25, 0.3) is 0 Å². The van der Waals surface area contributed by atoms with E-state index in [2.05, 4.69) is 4.72 Å². The number of halogens is 1. The van der Waals surface area contributed by atoms with Gasteiger partial charge in [0.05, 0.1) is 15.4 Å². The molecular formula is C11H13ClN2O5S. The van der Waals surface area contributed by atoms with Gasteiger partial charge >= 0.3 is 0 Å². The fraction of sp³-hybridized carbons (Fsp3) is 0.455. The Morgan fingerprint density at radius 3 is 2.60 bits per heavy atom. The first-order chi connectivity index (χ1) is 9.23. The van der Waals surface area contributed by atoms with Gasteiger partial charge in [0.1, 0.15) is 5.02 Å². The van der Waals surface area contributed by atoms with Gasteiger partial charge in [-0.15, -0.1) is 0 Å². The van der Waals surface area contributed by atoms with E-state index in [1.807, 2.05) is 0 Å². The van der Waals surface area contributed by atoms with Crippen molar-refractivity contribution in [2.75, 3.05) is 6.54 Å².